The molecule has 1 aromatic heterocycles. The molecule has 1 N–H and O–H groups in total. The van der Waals surface area contributed by atoms with E-state index in [4.69, 9.17) is 0 Å². The normalized spacial score (nSPS) is 9.83. The molecule has 0 bridgehead atoms. The third-order valence-corrected chi connectivity index (χ3v) is 3.09. The summed E-state index contributed by atoms with van der Waals surface area (Å²) in [6.07, 6.45) is 3.07. The van der Waals surface area contributed by atoms with E-state index < -0.39 is 0 Å². The molecule has 92 valence electrons. The predicted octanol–water partition coefficient (Wildman–Crippen LogP) is 4.79. The van der Waals surface area contributed by atoms with E-state index in [-0.39, 0.29) is 0 Å². The van der Waals surface area contributed by atoms with Gasteiger partial charge < -0.3 is 4.98 Å². The van der Waals surface area contributed by atoms with Gasteiger partial charge in [0, 0.05) is 17.0 Å². The fourth-order valence-electron chi connectivity index (χ4n) is 1.75. The average Bonchev–Trinajstić information content (AvgIpc) is 2.89. The lowest BCUT2D eigenvalue weighted by Crippen LogP contribution is -1.82. The van der Waals surface area contributed by atoms with Crippen molar-refractivity contribution in [3.8, 4) is 0 Å². The number of benzene rings is 2. The molecule has 3 aromatic rings. The summed E-state index contributed by atoms with van der Waals surface area (Å²) < 4.78 is 0. The molecule has 0 unspecified atom stereocenters. The number of aromatic nitrogens is 1. The Bertz CT molecular complexity index is 541. The second-order valence-electron chi connectivity index (χ2n) is 3.99. The molecule has 1 heterocycles. The van der Waals surface area contributed by atoms with Gasteiger partial charge in [-0.1, -0.05) is 64.5 Å². The molecule has 0 saturated carbocycles. The van der Waals surface area contributed by atoms with Crippen LogP contribution in [0.4, 0.5) is 0 Å². The Hall–Kier alpha value is -1.54. The van der Waals surface area contributed by atoms with Crippen LogP contribution in [0, 0.1) is 0 Å². The molecule has 0 spiro atoms. The number of alkyl halides is 1. The zero-order chi connectivity index (χ0) is 12.6. The average molecular weight is 302 g/mol. The minimum Gasteiger partial charge on any atom is -0.361 e. The van der Waals surface area contributed by atoms with Crippen LogP contribution in [0.25, 0.3) is 10.9 Å². The highest BCUT2D eigenvalue weighted by atomic mass is 79.9. The summed E-state index contributed by atoms with van der Waals surface area (Å²) in [6.45, 7) is 0. The molecule has 0 aliphatic carbocycles. The van der Waals surface area contributed by atoms with Crippen molar-refractivity contribution >= 4 is 26.8 Å². The molecule has 2 heteroatoms. The first-order chi connectivity index (χ1) is 8.90. The predicted molar refractivity (Wildman–Crippen MR) is 82.2 cm³/mol. The van der Waals surface area contributed by atoms with Gasteiger partial charge in [0.25, 0.3) is 0 Å². The number of aromatic amines is 1. The van der Waals surface area contributed by atoms with E-state index in [1.54, 1.807) is 0 Å². The zero-order valence-electron chi connectivity index (χ0n) is 10.1. The number of rotatable bonds is 2. The zero-order valence-corrected chi connectivity index (χ0v) is 11.7. The van der Waals surface area contributed by atoms with Crippen LogP contribution < -0.4 is 0 Å². The number of fused-ring (bicyclic) bond motifs is 1. The molecule has 0 saturated heterocycles. The lowest BCUT2D eigenvalue weighted by atomic mass is 10.2. The number of para-hydroxylation sites is 1. The maximum atomic E-state index is 3.39. The van der Waals surface area contributed by atoms with Gasteiger partial charge in [0.1, 0.15) is 0 Å². The molecule has 0 aliphatic rings. The topological polar surface area (TPSA) is 15.8 Å². The van der Waals surface area contributed by atoms with Crippen molar-refractivity contribution in [2.24, 2.45) is 0 Å². The lowest BCUT2D eigenvalue weighted by molar-refractivity contribution is 1.17. The van der Waals surface area contributed by atoms with E-state index in [0.717, 1.165) is 11.8 Å². The van der Waals surface area contributed by atoms with Crippen LogP contribution in [0.15, 0.2) is 66.9 Å². The molecule has 0 amide bonds. The molecule has 1 nitrogen and oxygen atoms in total. The van der Waals surface area contributed by atoms with Crippen LogP contribution in [-0.2, 0) is 6.42 Å². The van der Waals surface area contributed by atoms with Crippen LogP contribution in [0.5, 0.6) is 0 Å². The maximum Gasteiger partial charge on any atom is 0.0453 e. The summed E-state index contributed by atoms with van der Waals surface area (Å²) in [5.74, 6) is 0. The molecule has 0 radical (unpaired) electrons. The van der Waals surface area contributed by atoms with Crippen molar-refractivity contribution in [1.29, 1.82) is 0 Å². The van der Waals surface area contributed by atoms with Gasteiger partial charge in [-0.05, 0) is 29.5 Å². The molecular weight excluding hydrogens is 286 g/mol. The van der Waals surface area contributed by atoms with E-state index in [1.807, 2.05) is 24.4 Å². The highest BCUT2D eigenvalue weighted by molar-refractivity contribution is 9.09. The third-order valence-electron chi connectivity index (χ3n) is 2.69. The number of aryl methyl sites for hydroxylation is 1. The van der Waals surface area contributed by atoms with Gasteiger partial charge in [0.2, 0.25) is 0 Å². The molecule has 18 heavy (non-hydrogen) atoms. The quantitative estimate of drug-likeness (QED) is 0.655. The van der Waals surface area contributed by atoms with Crippen LogP contribution in [-0.4, -0.2) is 10.3 Å². The molecule has 0 atom stereocenters. The Labute approximate surface area is 116 Å². The van der Waals surface area contributed by atoms with E-state index in [0.29, 0.717) is 0 Å². The summed E-state index contributed by atoms with van der Waals surface area (Å²) in [6, 6.07) is 20.7. The first-order valence-corrected chi connectivity index (χ1v) is 7.14. The largest absolute Gasteiger partial charge is 0.361 e. The van der Waals surface area contributed by atoms with Crippen molar-refractivity contribution in [3.05, 3.63) is 72.4 Å². The minimum atomic E-state index is 1.05. The Balaban J connectivity index is 0.000000134. The fourth-order valence-corrected chi connectivity index (χ4v) is 2.21. The minimum absolute atomic E-state index is 1.05. The summed E-state index contributed by atoms with van der Waals surface area (Å²) in [7, 11) is 0. The van der Waals surface area contributed by atoms with Crippen LogP contribution in [0.3, 0.4) is 0 Å². The first-order valence-electron chi connectivity index (χ1n) is 6.02. The van der Waals surface area contributed by atoms with Gasteiger partial charge in [0.15, 0.2) is 0 Å². The smallest absolute Gasteiger partial charge is 0.0453 e. The Morgan fingerprint density at radius 3 is 2.28 bits per heavy atom. The van der Waals surface area contributed by atoms with E-state index in [2.05, 4.69) is 63.4 Å². The summed E-state index contributed by atoms with van der Waals surface area (Å²) in [5, 5.41) is 2.33. The van der Waals surface area contributed by atoms with E-state index >= 15 is 0 Å². The Kier molecular flexibility index (Phi) is 5.03. The number of hydrogen-bond acceptors (Lipinski definition) is 0. The highest BCUT2D eigenvalue weighted by Crippen LogP contribution is 2.09. The van der Waals surface area contributed by atoms with Gasteiger partial charge in [-0.15, -0.1) is 0 Å². The Morgan fingerprint density at radius 1 is 0.833 bits per heavy atom. The van der Waals surface area contributed by atoms with Crippen molar-refractivity contribution < 1.29 is 0 Å². The number of H-pyrrole nitrogens is 1. The van der Waals surface area contributed by atoms with Crippen molar-refractivity contribution in [2.75, 3.05) is 5.33 Å². The second-order valence-corrected chi connectivity index (χ2v) is 4.78. The molecule has 0 fully saturated rings. The van der Waals surface area contributed by atoms with Crippen LogP contribution in [0.1, 0.15) is 5.56 Å². The van der Waals surface area contributed by atoms with Crippen molar-refractivity contribution in [3.63, 3.8) is 0 Å². The van der Waals surface area contributed by atoms with E-state index in [9.17, 15) is 0 Å². The summed E-state index contributed by atoms with van der Waals surface area (Å²) >= 11 is 3.39. The lowest BCUT2D eigenvalue weighted by Gasteiger charge is -1.92. The standard InChI is InChI=1S/C8H9Br.C8H7N/c9-7-6-8-4-2-1-3-5-8;1-2-4-8-7(3-1)5-6-9-8/h1-5H,6-7H2;1-6,9H. The number of nitrogens with one attached hydrogen (secondary N) is 1. The van der Waals surface area contributed by atoms with Crippen molar-refractivity contribution in [2.45, 2.75) is 6.42 Å². The van der Waals surface area contributed by atoms with Crippen LogP contribution in [0.2, 0.25) is 0 Å². The van der Waals surface area contributed by atoms with Gasteiger partial charge in [-0.2, -0.15) is 0 Å². The van der Waals surface area contributed by atoms with Gasteiger partial charge in [-0.25, -0.2) is 0 Å². The van der Waals surface area contributed by atoms with E-state index in [1.165, 1.54) is 16.5 Å². The van der Waals surface area contributed by atoms with Crippen molar-refractivity contribution in [1.82, 2.24) is 4.98 Å². The molecule has 2 aromatic carbocycles. The molecule has 0 aliphatic heterocycles. The van der Waals surface area contributed by atoms with Gasteiger partial charge >= 0.3 is 0 Å². The highest BCUT2D eigenvalue weighted by Gasteiger charge is 1.87. The SMILES string of the molecule is BrCCc1ccccc1.c1ccc2[nH]ccc2c1. The fraction of sp³-hybridized carbons (Fsp3) is 0.125. The number of halogens is 1. The van der Waals surface area contributed by atoms with Gasteiger partial charge in [-0.3, -0.25) is 0 Å². The number of hydrogen-bond donors (Lipinski definition) is 1. The summed E-state index contributed by atoms with van der Waals surface area (Å²) in [4.78, 5) is 3.12. The van der Waals surface area contributed by atoms with Gasteiger partial charge in [0.05, 0.1) is 0 Å². The molecule has 3 rings (SSSR count). The first kappa shape index (κ1) is 12.9. The maximum absolute atomic E-state index is 3.39. The third kappa shape index (κ3) is 3.74. The Morgan fingerprint density at radius 2 is 1.56 bits per heavy atom. The summed E-state index contributed by atoms with van der Waals surface area (Å²) in [5.41, 5.74) is 2.60. The molecular formula is C16H16BrN. The van der Waals surface area contributed by atoms with Crippen LogP contribution >= 0.6 is 15.9 Å². The monoisotopic (exact) mass is 301 g/mol. The second kappa shape index (κ2) is 7.02.